The summed E-state index contributed by atoms with van der Waals surface area (Å²) >= 11 is 0. The molecule has 0 saturated carbocycles. The summed E-state index contributed by atoms with van der Waals surface area (Å²) in [5.74, 6) is 0.477. The number of halogens is 3. The lowest BCUT2D eigenvalue weighted by Gasteiger charge is -2.29. The fraction of sp³-hybridized carbons (Fsp3) is 0.625. The van der Waals surface area contributed by atoms with Crippen LogP contribution in [0.25, 0.3) is 0 Å². The maximum absolute atomic E-state index is 12.8. The highest BCUT2D eigenvalue weighted by molar-refractivity contribution is 5.28. The fourth-order valence-electron chi connectivity index (χ4n) is 2.34. The van der Waals surface area contributed by atoms with E-state index in [-0.39, 0.29) is 11.3 Å². The van der Waals surface area contributed by atoms with Gasteiger partial charge in [-0.1, -0.05) is 52.8 Å². The van der Waals surface area contributed by atoms with Crippen LogP contribution in [0.5, 0.6) is 0 Å². The largest absolute Gasteiger partial charge is 0.416 e. The first-order valence-electron chi connectivity index (χ1n) is 6.68. The average molecular weight is 272 g/mol. The van der Waals surface area contributed by atoms with Crippen molar-refractivity contribution in [3.8, 4) is 0 Å². The molecule has 108 valence electrons. The van der Waals surface area contributed by atoms with Crippen molar-refractivity contribution in [2.24, 2.45) is 11.3 Å². The molecule has 1 rings (SSSR count). The molecular formula is C16H23F3. The van der Waals surface area contributed by atoms with Crippen LogP contribution in [0.2, 0.25) is 0 Å². The van der Waals surface area contributed by atoms with Gasteiger partial charge in [-0.05, 0) is 35.3 Å². The molecule has 0 heterocycles. The summed E-state index contributed by atoms with van der Waals surface area (Å²) in [5, 5.41) is 0. The minimum Gasteiger partial charge on any atom is -0.166 e. The third-order valence-corrected chi connectivity index (χ3v) is 3.28. The van der Waals surface area contributed by atoms with E-state index in [9.17, 15) is 13.2 Å². The Kier molecular flexibility index (Phi) is 4.70. The first-order valence-corrected chi connectivity index (χ1v) is 6.68. The van der Waals surface area contributed by atoms with Gasteiger partial charge in [-0.2, -0.15) is 13.2 Å². The second-order valence-electron chi connectivity index (χ2n) is 6.74. The summed E-state index contributed by atoms with van der Waals surface area (Å²) in [6.07, 6.45) is -3.38. The zero-order valence-electron chi connectivity index (χ0n) is 12.3. The molecule has 0 spiro atoms. The zero-order valence-corrected chi connectivity index (χ0v) is 12.3. The van der Waals surface area contributed by atoms with Gasteiger partial charge in [0.15, 0.2) is 0 Å². The number of hydrogen-bond donors (Lipinski definition) is 0. The molecule has 1 aromatic rings. The van der Waals surface area contributed by atoms with Crippen molar-refractivity contribution in [3.63, 3.8) is 0 Å². The van der Waals surface area contributed by atoms with Crippen LogP contribution in [-0.2, 0) is 6.18 Å². The van der Waals surface area contributed by atoms with Gasteiger partial charge in [-0.15, -0.1) is 0 Å². The highest BCUT2D eigenvalue weighted by atomic mass is 19.4. The lowest BCUT2D eigenvalue weighted by molar-refractivity contribution is -0.137. The molecule has 0 N–H and O–H groups in total. The van der Waals surface area contributed by atoms with Crippen LogP contribution in [-0.4, -0.2) is 0 Å². The topological polar surface area (TPSA) is 0 Å². The molecule has 0 aliphatic heterocycles. The molecule has 0 aromatic heterocycles. The smallest absolute Gasteiger partial charge is 0.166 e. The van der Waals surface area contributed by atoms with E-state index in [4.69, 9.17) is 0 Å². The molecule has 0 saturated heterocycles. The predicted molar refractivity (Wildman–Crippen MR) is 73.1 cm³/mol. The van der Waals surface area contributed by atoms with E-state index < -0.39 is 11.7 Å². The van der Waals surface area contributed by atoms with Gasteiger partial charge in [0.05, 0.1) is 5.56 Å². The van der Waals surface area contributed by atoms with Crippen molar-refractivity contribution in [1.29, 1.82) is 0 Å². The van der Waals surface area contributed by atoms with Gasteiger partial charge >= 0.3 is 6.18 Å². The van der Waals surface area contributed by atoms with E-state index in [0.29, 0.717) is 5.92 Å². The quantitative estimate of drug-likeness (QED) is 0.644. The van der Waals surface area contributed by atoms with Crippen LogP contribution in [0, 0.1) is 11.3 Å². The van der Waals surface area contributed by atoms with Crippen molar-refractivity contribution in [2.75, 3.05) is 0 Å². The fourth-order valence-corrected chi connectivity index (χ4v) is 2.34. The molecule has 0 aliphatic carbocycles. The number of hydrogen-bond acceptors (Lipinski definition) is 0. The highest BCUT2D eigenvalue weighted by Gasteiger charge is 2.31. The normalized spacial score (nSPS) is 14.8. The lowest BCUT2D eigenvalue weighted by Crippen LogP contribution is -2.17. The second kappa shape index (κ2) is 5.56. The molecule has 0 fully saturated rings. The van der Waals surface area contributed by atoms with Gasteiger partial charge < -0.3 is 0 Å². The molecule has 1 atom stereocenters. The summed E-state index contributed by atoms with van der Waals surface area (Å²) in [6.45, 7) is 10.5. The third-order valence-electron chi connectivity index (χ3n) is 3.28. The van der Waals surface area contributed by atoms with E-state index in [1.54, 1.807) is 0 Å². The van der Waals surface area contributed by atoms with E-state index in [1.165, 1.54) is 12.1 Å². The first-order chi connectivity index (χ1) is 8.50. The van der Waals surface area contributed by atoms with Crippen LogP contribution >= 0.6 is 0 Å². The number of benzene rings is 1. The minimum absolute atomic E-state index is 0.100. The standard InChI is InChI=1S/C16H23F3/c1-11(2)14(10-15(3,4)5)12-7-6-8-13(9-12)16(17,18)19/h6-9,11,14H,10H2,1-5H3. The summed E-state index contributed by atoms with van der Waals surface area (Å²) in [7, 11) is 0. The van der Waals surface area contributed by atoms with E-state index in [2.05, 4.69) is 34.6 Å². The predicted octanol–water partition coefficient (Wildman–Crippen LogP) is 5.88. The maximum Gasteiger partial charge on any atom is 0.416 e. The summed E-state index contributed by atoms with van der Waals surface area (Å²) < 4.78 is 38.3. The van der Waals surface area contributed by atoms with Gasteiger partial charge in [0.25, 0.3) is 0 Å². The van der Waals surface area contributed by atoms with E-state index >= 15 is 0 Å². The lowest BCUT2D eigenvalue weighted by atomic mass is 9.76. The average Bonchev–Trinajstić information content (AvgIpc) is 2.23. The van der Waals surface area contributed by atoms with Crippen molar-refractivity contribution >= 4 is 0 Å². The van der Waals surface area contributed by atoms with Crippen molar-refractivity contribution in [1.82, 2.24) is 0 Å². The maximum atomic E-state index is 12.8. The van der Waals surface area contributed by atoms with Gasteiger partial charge in [0, 0.05) is 0 Å². The Bertz CT molecular complexity index is 411. The first kappa shape index (κ1) is 16.1. The van der Waals surface area contributed by atoms with Gasteiger partial charge in [-0.25, -0.2) is 0 Å². The van der Waals surface area contributed by atoms with Crippen LogP contribution in [0.3, 0.4) is 0 Å². The molecule has 0 amide bonds. The Labute approximate surface area is 114 Å². The van der Waals surface area contributed by atoms with Crippen molar-refractivity contribution in [3.05, 3.63) is 35.4 Å². The minimum atomic E-state index is -4.26. The molecule has 1 unspecified atom stereocenters. The molecule has 0 bridgehead atoms. The molecule has 0 aliphatic rings. The summed E-state index contributed by atoms with van der Waals surface area (Å²) in [6, 6.07) is 5.76. The van der Waals surface area contributed by atoms with Crippen LogP contribution in [0.15, 0.2) is 24.3 Å². The van der Waals surface area contributed by atoms with Gasteiger partial charge in [0.2, 0.25) is 0 Å². The summed E-state index contributed by atoms with van der Waals surface area (Å²) in [5.41, 5.74) is 0.340. The monoisotopic (exact) mass is 272 g/mol. The SMILES string of the molecule is CC(C)C(CC(C)(C)C)c1cccc(C(F)(F)F)c1. The summed E-state index contributed by atoms with van der Waals surface area (Å²) in [4.78, 5) is 0. The molecule has 1 aromatic carbocycles. The van der Waals surface area contributed by atoms with Crippen LogP contribution in [0.1, 0.15) is 58.1 Å². The Balaban J connectivity index is 3.10. The van der Waals surface area contributed by atoms with Crippen molar-refractivity contribution < 1.29 is 13.2 Å². The van der Waals surface area contributed by atoms with Gasteiger partial charge in [-0.3, -0.25) is 0 Å². The Morgan fingerprint density at radius 2 is 1.63 bits per heavy atom. The molecule has 0 nitrogen and oxygen atoms in total. The number of rotatable bonds is 3. The van der Waals surface area contributed by atoms with Crippen molar-refractivity contribution in [2.45, 2.75) is 53.1 Å². The second-order valence-corrected chi connectivity index (χ2v) is 6.74. The molecule has 19 heavy (non-hydrogen) atoms. The molecular weight excluding hydrogens is 249 g/mol. The van der Waals surface area contributed by atoms with E-state index in [0.717, 1.165) is 18.1 Å². The molecule has 3 heteroatoms. The zero-order chi connectivity index (χ0) is 14.8. The highest BCUT2D eigenvalue weighted by Crippen LogP contribution is 2.38. The van der Waals surface area contributed by atoms with Gasteiger partial charge in [0.1, 0.15) is 0 Å². The number of alkyl halides is 3. The Hall–Kier alpha value is -0.990. The third kappa shape index (κ3) is 4.88. The molecule has 0 radical (unpaired) electrons. The van der Waals surface area contributed by atoms with Crippen LogP contribution in [0.4, 0.5) is 13.2 Å². The van der Waals surface area contributed by atoms with E-state index in [1.807, 2.05) is 6.07 Å². The Morgan fingerprint density at radius 3 is 2.05 bits per heavy atom. The Morgan fingerprint density at radius 1 is 1.05 bits per heavy atom. The van der Waals surface area contributed by atoms with Crippen LogP contribution < -0.4 is 0 Å².